The van der Waals surface area contributed by atoms with Crippen LogP contribution in [0.15, 0.2) is 6.20 Å². The van der Waals surface area contributed by atoms with Gasteiger partial charge < -0.3 is 5.32 Å². The molecule has 1 aromatic rings. The van der Waals surface area contributed by atoms with Crippen molar-refractivity contribution in [1.29, 1.82) is 0 Å². The fourth-order valence-corrected chi connectivity index (χ4v) is 1.82. The molecule has 0 fully saturated rings. The molecule has 0 bridgehead atoms. The van der Waals surface area contributed by atoms with E-state index < -0.39 is 0 Å². The van der Waals surface area contributed by atoms with Gasteiger partial charge in [-0.15, -0.1) is 0 Å². The van der Waals surface area contributed by atoms with Gasteiger partial charge in [-0.25, -0.2) is 4.98 Å². The van der Waals surface area contributed by atoms with Gasteiger partial charge in [0.25, 0.3) is 0 Å². The molecule has 3 nitrogen and oxygen atoms in total. The van der Waals surface area contributed by atoms with Crippen LogP contribution in [0.2, 0.25) is 0 Å². The number of nitrogens with one attached hydrogen (secondary N) is 1. The van der Waals surface area contributed by atoms with E-state index in [0.29, 0.717) is 0 Å². The summed E-state index contributed by atoms with van der Waals surface area (Å²) in [6, 6.07) is 0. The normalized spacial score (nSPS) is 12.5. The topological polar surface area (TPSA) is 37.8 Å². The summed E-state index contributed by atoms with van der Waals surface area (Å²) in [5, 5.41) is 3.40. The van der Waals surface area contributed by atoms with Gasteiger partial charge in [0.1, 0.15) is 5.82 Å². The van der Waals surface area contributed by atoms with Gasteiger partial charge in [0.15, 0.2) is 0 Å². The molecule has 96 valence electrons. The highest BCUT2D eigenvalue weighted by molar-refractivity contribution is 5.33. The van der Waals surface area contributed by atoms with E-state index in [1.807, 2.05) is 20.0 Å². The molecule has 0 aliphatic heterocycles. The zero-order chi connectivity index (χ0) is 12.7. The number of unbranched alkanes of at least 4 members (excludes halogenated alkanes) is 1. The van der Waals surface area contributed by atoms with E-state index in [2.05, 4.69) is 29.1 Å². The molecule has 1 unspecified atom stereocenters. The Morgan fingerprint density at radius 1 is 1.24 bits per heavy atom. The van der Waals surface area contributed by atoms with Crippen molar-refractivity contribution in [2.24, 2.45) is 5.92 Å². The molecule has 0 radical (unpaired) electrons. The first-order valence-corrected chi connectivity index (χ1v) is 6.71. The van der Waals surface area contributed by atoms with Gasteiger partial charge in [0, 0.05) is 6.54 Å². The lowest BCUT2D eigenvalue weighted by Gasteiger charge is -2.15. The first kappa shape index (κ1) is 13.9. The SMILES string of the molecule is CCCCC(CC)CNc1cnc(C)c(C)n1. The van der Waals surface area contributed by atoms with Crippen molar-refractivity contribution in [3.63, 3.8) is 0 Å². The first-order chi connectivity index (χ1) is 8.17. The third kappa shape index (κ3) is 4.72. The number of aryl methyl sites for hydroxylation is 2. The van der Waals surface area contributed by atoms with Crippen LogP contribution in [0.5, 0.6) is 0 Å². The minimum absolute atomic E-state index is 0.748. The summed E-state index contributed by atoms with van der Waals surface area (Å²) in [6.07, 6.45) is 6.96. The molecule has 0 aromatic carbocycles. The van der Waals surface area contributed by atoms with Gasteiger partial charge in [-0.05, 0) is 26.2 Å². The van der Waals surface area contributed by atoms with E-state index in [-0.39, 0.29) is 0 Å². The van der Waals surface area contributed by atoms with Crippen molar-refractivity contribution in [1.82, 2.24) is 9.97 Å². The largest absolute Gasteiger partial charge is 0.369 e. The highest BCUT2D eigenvalue weighted by Crippen LogP contribution is 2.14. The van der Waals surface area contributed by atoms with Gasteiger partial charge >= 0.3 is 0 Å². The lowest BCUT2D eigenvalue weighted by molar-refractivity contribution is 0.472. The van der Waals surface area contributed by atoms with Crippen LogP contribution in [-0.2, 0) is 0 Å². The van der Waals surface area contributed by atoms with Crippen LogP contribution >= 0.6 is 0 Å². The molecule has 1 aromatic heterocycles. The molecule has 0 amide bonds. The minimum atomic E-state index is 0.748. The van der Waals surface area contributed by atoms with Crippen molar-refractivity contribution >= 4 is 5.82 Å². The highest BCUT2D eigenvalue weighted by Gasteiger charge is 2.06. The summed E-state index contributed by atoms with van der Waals surface area (Å²) >= 11 is 0. The quantitative estimate of drug-likeness (QED) is 0.782. The maximum atomic E-state index is 4.49. The molecule has 1 atom stereocenters. The fraction of sp³-hybridized carbons (Fsp3) is 0.714. The molecule has 1 heterocycles. The Hall–Kier alpha value is -1.12. The first-order valence-electron chi connectivity index (χ1n) is 6.71. The van der Waals surface area contributed by atoms with Crippen LogP contribution in [0.1, 0.15) is 50.9 Å². The molecule has 0 saturated heterocycles. The van der Waals surface area contributed by atoms with E-state index in [1.165, 1.54) is 25.7 Å². The van der Waals surface area contributed by atoms with Gasteiger partial charge in [-0.1, -0.05) is 33.1 Å². The summed E-state index contributed by atoms with van der Waals surface area (Å²) in [7, 11) is 0. The third-order valence-corrected chi connectivity index (χ3v) is 3.31. The van der Waals surface area contributed by atoms with Gasteiger partial charge in [-0.3, -0.25) is 4.98 Å². The zero-order valence-corrected chi connectivity index (χ0v) is 11.6. The molecular formula is C14H25N3. The summed E-state index contributed by atoms with van der Waals surface area (Å²) in [5.41, 5.74) is 2.02. The Morgan fingerprint density at radius 3 is 2.59 bits per heavy atom. The molecule has 3 heteroatoms. The lowest BCUT2D eigenvalue weighted by Crippen LogP contribution is -2.15. The van der Waals surface area contributed by atoms with Gasteiger partial charge in [-0.2, -0.15) is 0 Å². The minimum Gasteiger partial charge on any atom is -0.369 e. The average molecular weight is 235 g/mol. The van der Waals surface area contributed by atoms with E-state index in [4.69, 9.17) is 0 Å². The predicted molar refractivity (Wildman–Crippen MR) is 73.3 cm³/mol. The summed E-state index contributed by atoms with van der Waals surface area (Å²) in [4.78, 5) is 8.81. The Kier molecular flexibility index (Phi) is 5.95. The summed E-state index contributed by atoms with van der Waals surface area (Å²) in [5.74, 6) is 1.65. The van der Waals surface area contributed by atoms with Crippen molar-refractivity contribution in [3.05, 3.63) is 17.6 Å². The molecule has 0 aliphatic carbocycles. The van der Waals surface area contributed by atoms with Crippen LogP contribution in [0.4, 0.5) is 5.82 Å². The number of rotatable bonds is 7. The maximum Gasteiger partial charge on any atom is 0.144 e. The standard InChI is InChI=1S/C14H25N3/c1-5-7-8-13(6-2)9-16-14-10-15-11(3)12(4)17-14/h10,13H,5-9H2,1-4H3,(H,16,17). The summed E-state index contributed by atoms with van der Waals surface area (Å²) in [6.45, 7) is 9.50. The van der Waals surface area contributed by atoms with E-state index in [1.54, 1.807) is 0 Å². The number of aromatic nitrogens is 2. The average Bonchev–Trinajstić information content (AvgIpc) is 2.34. The smallest absolute Gasteiger partial charge is 0.144 e. The van der Waals surface area contributed by atoms with Crippen LogP contribution < -0.4 is 5.32 Å². The van der Waals surface area contributed by atoms with Gasteiger partial charge in [0.05, 0.1) is 17.6 Å². The molecule has 0 aliphatic rings. The Balaban J connectivity index is 2.45. The predicted octanol–water partition coefficient (Wildman–Crippen LogP) is 3.72. The fourth-order valence-electron chi connectivity index (χ4n) is 1.82. The van der Waals surface area contributed by atoms with E-state index in [0.717, 1.165) is 29.7 Å². The maximum absolute atomic E-state index is 4.49. The van der Waals surface area contributed by atoms with Crippen LogP contribution in [-0.4, -0.2) is 16.5 Å². The molecular weight excluding hydrogens is 210 g/mol. The number of hydrogen-bond donors (Lipinski definition) is 1. The van der Waals surface area contributed by atoms with E-state index >= 15 is 0 Å². The number of hydrogen-bond acceptors (Lipinski definition) is 3. The number of nitrogens with zero attached hydrogens (tertiary/aromatic N) is 2. The molecule has 0 saturated carbocycles. The van der Waals surface area contributed by atoms with Crippen molar-refractivity contribution < 1.29 is 0 Å². The molecule has 17 heavy (non-hydrogen) atoms. The van der Waals surface area contributed by atoms with Gasteiger partial charge in [0.2, 0.25) is 0 Å². The van der Waals surface area contributed by atoms with Crippen molar-refractivity contribution in [2.45, 2.75) is 53.4 Å². The molecule has 1 rings (SSSR count). The second kappa shape index (κ2) is 7.25. The zero-order valence-electron chi connectivity index (χ0n) is 11.6. The molecule has 1 N–H and O–H groups in total. The van der Waals surface area contributed by atoms with E-state index in [9.17, 15) is 0 Å². The van der Waals surface area contributed by atoms with Crippen molar-refractivity contribution in [2.75, 3.05) is 11.9 Å². The Labute approximate surface area is 105 Å². The number of anilines is 1. The van der Waals surface area contributed by atoms with Crippen LogP contribution in [0.3, 0.4) is 0 Å². The van der Waals surface area contributed by atoms with Crippen LogP contribution in [0, 0.1) is 19.8 Å². The second-order valence-electron chi connectivity index (χ2n) is 4.72. The summed E-state index contributed by atoms with van der Waals surface area (Å²) < 4.78 is 0. The molecule has 0 spiro atoms. The van der Waals surface area contributed by atoms with Crippen molar-refractivity contribution in [3.8, 4) is 0 Å². The lowest BCUT2D eigenvalue weighted by atomic mass is 9.99. The monoisotopic (exact) mass is 235 g/mol. The highest BCUT2D eigenvalue weighted by atomic mass is 15.0. The van der Waals surface area contributed by atoms with Crippen LogP contribution in [0.25, 0.3) is 0 Å². The Morgan fingerprint density at radius 2 is 2.00 bits per heavy atom. The Bertz CT molecular complexity index is 336. The third-order valence-electron chi connectivity index (χ3n) is 3.31. The second-order valence-corrected chi connectivity index (χ2v) is 4.72.